The molecule has 0 bridgehead atoms. The predicted molar refractivity (Wildman–Crippen MR) is 37.4 cm³/mol. The third-order valence-corrected chi connectivity index (χ3v) is 1.55. The van der Waals surface area contributed by atoms with Crippen LogP contribution >= 0.6 is 0 Å². The maximum Gasteiger partial charge on any atom is 0.329 e. The fraction of sp³-hybridized carbons (Fsp3) is 0.857. The molecule has 1 atom stereocenters. The van der Waals surface area contributed by atoms with E-state index in [0.717, 1.165) is 19.4 Å². The van der Waals surface area contributed by atoms with Crippen molar-refractivity contribution in [3.05, 3.63) is 0 Å². The third-order valence-electron chi connectivity index (χ3n) is 1.55. The third kappa shape index (κ3) is 3.34. The first-order chi connectivity index (χ1) is 5.29. The average molecular weight is 160 g/mol. The number of hydrogen-bond acceptors (Lipinski definition) is 3. The lowest BCUT2D eigenvalue weighted by atomic mass is 10.2. The fourth-order valence-electron chi connectivity index (χ4n) is 1.05. The minimum atomic E-state index is -0.928. The molecule has 0 aromatic rings. The summed E-state index contributed by atoms with van der Waals surface area (Å²) in [5, 5.41) is 8.22. The van der Waals surface area contributed by atoms with Gasteiger partial charge >= 0.3 is 5.97 Å². The maximum atomic E-state index is 10.0. The van der Waals surface area contributed by atoms with Crippen LogP contribution in [0.1, 0.15) is 12.8 Å². The molecule has 0 radical (unpaired) electrons. The van der Waals surface area contributed by atoms with Gasteiger partial charge in [0.25, 0.3) is 0 Å². The summed E-state index contributed by atoms with van der Waals surface area (Å²) in [5.74, 6) is -0.928. The molecule has 1 N–H and O–H groups in total. The molecule has 0 unspecified atom stereocenters. The minimum absolute atomic E-state index is 0.120. The average Bonchev–Trinajstić information content (AvgIpc) is 2.39. The van der Waals surface area contributed by atoms with Gasteiger partial charge in [-0.2, -0.15) is 0 Å². The first-order valence-corrected chi connectivity index (χ1v) is 3.70. The highest BCUT2D eigenvalue weighted by Crippen LogP contribution is 2.11. The number of hydrogen-bond donors (Lipinski definition) is 1. The Hall–Kier alpha value is -0.610. The van der Waals surface area contributed by atoms with Crippen LogP contribution in [-0.2, 0) is 14.3 Å². The second-order valence-corrected chi connectivity index (χ2v) is 2.54. The predicted octanol–water partition coefficient (Wildman–Crippen LogP) is 0.267. The molecule has 0 amide bonds. The minimum Gasteiger partial charge on any atom is -0.480 e. The van der Waals surface area contributed by atoms with Crippen molar-refractivity contribution in [3.63, 3.8) is 0 Å². The van der Waals surface area contributed by atoms with E-state index in [2.05, 4.69) is 0 Å². The Bertz CT molecular complexity index is 128. The monoisotopic (exact) mass is 160 g/mol. The van der Waals surface area contributed by atoms with Crippen molar-refractivity contribution in [3.8, 4) is 0 Å². The molecule has 0 spiro atoms. The SMILES string of the molecule is O=C(O)COC[C@H]1CCCO1. The highest BCUT2D eigenvalue weighted by molar-refractivity contribution is 5.67. The second kappa shape index (κ2) is 4.31. The van der Waals surface area contributed by atoms with Crippen LogP contribution in [0.3, 0.4) is 0 Å². The van der Waals surface area contributed by atoms with Crippen molar-refractivity contribution in [1.29, 1.82) is 0 Å². The molecule has 64 valence electrons. The molecule has 0 aromatic heterocycles. The summed E-state index contributed by atoms with van der Waals surface area (Å²) in [6.45, 7) is 0.966. The first kappa shape index (κ1) is 8.49. The number of carboxylic acid groups (broad SMARTS) is 1. The van der Waals surface area contributed by atoms with E-state index in [-0.39, 0.29) is 12.7 Å². The lowest BCUT2D eigenvalue weighted by Gasteiger charge is -2.07. The quantitative estimate of drug-likeness (QED) is 0.641. The molecule has 1 fully saturated rings. The van der Waals surface area contributed by atoms with E-state index in [1.54, 1.807) is 0 Å². The molecule has 1 heterocycles. The van der Waals surface area contributed by atoms with Gasteiger partial charge in [-0.3, -0.25) is 0 Å². The maximum absolute atomic E-state index is 10.0. The summed E-state index contributed by atoms with van der Waals surface area (Å²) in [6.07, 6.45) is 2.16. The van der Waals surface area contributed by atoms with E-state index in [4.69, 9.17) is 14.6 Å². The molecule has 4 heteroatoms. The molecule has 0 aliphatic carbocycles. The molecule has 1 aliphatic heterocycles. The van der Waals surface area contributed by atoms with Gasteiger partial charge in [-0.15, -0.1) is 0 Å². The Kier molecular flexibility index (Phi) is 3.32. The molecule has 4 nitrogen and oxygen atoms in total. The van der Waals surface area contributed by atoms with Gasteiger partial charge in [-0.1, -0.05) is 0 Å². The van der Waals surface area contributed by atoms with Crippen LogP contribution in [0.15, 0.2) is 0 Å². The van der Waals surface area contributed by atoms with Gasteiger partial charge in [0.2, 0.25) is 0 Å². The Morgan fingerprint density at radius 2 is 2.55 bits per heavy atom. The highest BCUT2D eigenvalue weighted by atomic mass is 16.5. The summed E-state index contributed by atoms with van der Waals surface area (Å²) in [4.78, 5) is 10.0. The van der Waals surface area contributed by atoms with Gasteiger partial charge in [-0.05, 0) is 12.8 Å². The zero-order valence-electron chi connectivity index (χ0n) is 6.28. The molecule has 1 aliphatic rings. The van der Waals surface area contributed by atoms with Crippen molar-refractivity contribution in [2.45, 2.75) is 18.9 Å². The van der Waals surface area contributed by atoms with Crippen LogP contribution in [0.4, 0.5) is 0 Å². The topological polar surface area (TPSA) is 55.8 Å². The summed E-state index contributed by atoms with van der Waals surface area (Å²) in [7, 11) is 0. The van der Waals surface area contributed by atoms with E-state index in [1.165, 1.54) is 0 Å². The van der Waals surface area contributed by atoms with Crippen molar-refractivity contribution in [2.24, 2.45) is 0 Å². The lowest BCUT2D eigenvalue weighted by Crippen LogP contribution is -2.17. The lowest BCUT2D eigenvalue weighted by molar-refractivity contribution is -0.143. The van der Waals surface area contributed by atoms with Gasteiger partial charge in [0.15, 0.2) is 0 Å². The van der Waals surface area contributed by atoms with Crippen LogP contribution in [0.5, 0.6) is 0 Å². The van der Waals surface area contributed by atoms with E-state index in [1.807, 2.05) is 0 Å². The van der Waals surface area contributed by atoms with Gasteiger partial charge in [0.1, 0.15) is 6.61 Å². The first-order valence-electron chi connectivity index (χ1n) is 3.70. The zero-order valence-corrected chi connectivity index (χ0v) is 6.28. The molecule has 11 heavy (non-hydrogen) atoms. The van der Waals surface area contributed by atoms with Crippen molar-refractivity contribution in [1.82, 2.24) is 0 Å². The standard InChI is InChI=1S/C7H12O4/c8-7(9)5-10-4-6-2-1-3-11-6/h6H,1-5H2,(H,8,9)/t6-/m1/s1. The number of aliphatic carboxylic acids is 1. The number of rotatable bonds is 4. The van der Waals surface area contributed by atoms with E-state index < -0.39 is 5.97 Å². The van der Waals surface area contributed by atoms with Crippen LogP contribution in [-0.4, -0.2) is 37.0 Å². The summed E-state index contributed by atoms with van der Waals surface area (Å²) in [6, 6.07) is 0. The molecule has 1 rings (SSSR count). The van der Waals surface area contributed by atoms with Gasteiger partial charge in [0, 0.05) is 6.61 Å². The van der Waals surface area contributed by atoms with Crippen molar-refractivity contribution >= 4 is 5.97 Å². The Morgan fingerprint density at radius 3 is 3.09 bits per heavy atom. The molecule has 0 saturated carbocycles. The van der Waals surface area contributed by atoms with E-state index in [0.29, 0.717) is 6.61 Å². The Balaban J connectivity index is 1.98. The number of carboxylic acids is 1. The van der Waals surface area contributed by atoms with Crippen molar-refractivity contribution < 1.29 is 19.4 Å². The van der Waals surface area contributed by atoms with Gasteiger partial charge < -0.3 is 14.6 Å². The molecular formula is C7H12O4. The smallest absolute Gasteiger partial charge is 0.329 e. The zero-order chi connectivity index (χ0) is 8.10. The van der Waals surface area contributed by atoms with Crippen molar-refractivity contribution in [2.75, 3.05) is 19.8 Å². The van der Waals surface area contributed by atoms with Crippen LogP contribution in [0, 0.1) is 0 Å². The summed E-state index contributed by atoms with van der Waals surface area (Å²) in [5.41, 5.74) is 0. The molecule has 0 aromatic carbocycles. The van der Waals surface area contributed by atoms with Crippen LogP contribution in [0.25, 0.3) is 0 Å². The Morgan fingerprint density at radius 1 is 1.73 bits per heavy atom. The van der Waals surface area contributed by atoms with E-state index in [9.17, 15) is 4.79 Å². The normalized spacial score (nSPS) is 23.8. The second-order valence-electron chi connectivity index (χ2n) is 2.54. The van der Waals surface area contributed by atoms with Gasteiger partial charge in [-0.25, -0.2) is 4.79 Å². The molecular weight excluding hydrogens is 148 g/mol. The van der Waals surface area contributed by atoms with Crippen LogP contribution in [0.2, 0.25) is 0 Å². The fourth-order valence-corrected chi connectivity index (χ4v) is 1.05. The van der Waals surface area contributed by atoms with Gasteiger partial charge in [0.05, 0.1) is 12.7 Å². The number of ether oxygens (including phenoxy) is 2. The Labute approximate surface area is 65.1 Å². The van der Waals surface area contributed by atoms with Crippen LogP contribution < -0.4 is 0 Å². The van der Waals surface area contributed by atoms with E-state index >= 15 is 0 Å². The molecule has 1 saturated heterocycles. The largest absolute Gasteiger partial charge is 0.480 e. The highest BCUT2D eigenvalue weighted by Gasteiger charge is 2.15. The summed E-state index contributed by atoms with van der Waals surface area (Å²) >= 11 is 0. The summed E-state index contributed by atoms with van der Waals surface area (Å²) < 4.78 is 10.1. The number of carbonyl (C=O) groups is 1.